The van der Waals surface area contributed by atoms with Gasteiger partial charge in [-0.15, -0.1) is 0 Å². The van der Waals surface area contributed by atoms with Crippen LogP contribution in [0, 0.1) is 0 Å². The Hall–Kier alpha value is -3.06. The monoisotopic (exact) mass is 483 g/mol. The molecule has 0 saturated heterocycles. The number of H-pyrrole nitrogens is 1. The highest BCUT2D eigenvalue weighted by Gasteiger charge is 2.07. The van der Waals surface area contributed by atoms with E-state index in [1.807, 2.05) is 54.6 Å². The highest BCUT2D eigenvalue weighted by atomic mass is 35.5. The minimum atomic E-state index is -3.32. The van der Waals surface area contributed by atoms with Crippen molar-refractivity contribution in [2.45, 2.75) is 0 Å². The first-order valence-electron chi connectivity index (χ1n) is 9.64. The molecule has 1 aromatic heterocycles. The SMILES string of the molecule is CS(=O)(=O)Nc1cccc(-c2ccc(/C=C/c3ncc(-c4ccc(Cl)cc4Cl)[nH]3)cc2)c1. The summed E-state index contributed by atoms with van der Waals surface area (Å²) in [5.74, 6) is 0.703. The van der Waals surface area contributed by atoms with E-state index in [4.69, 9.17) is 23.2 Å². The van der Waals surface area contributed by atoms with Gasteiger partial charge in [-0.1, -0.05) is 65.7 Å². The molecule has 0 atom stereocenters. The van der Waals surface area contributed by atoms with Gasteiger partial charge in [0, 0.05) is 16.3 Å². The zero-order valence-electron chi connectivity index (χ0n) is 17.0. The van der Waals surface area contributed by atoms with Crippen LogP contribution >= 0.6 is 23.2 Å². The zero-order valence-corrected chi connectivity index (χ0v) is 19.3. The molecule has 0 fully saturated rings. The molecule has 0 bridgehead atoms. The molecule has 162 valence electrons. The van der Waals surface area contributed by atoms with Gasteiger partial charge in [0.25, 0.3) is 0 Å². The quantitative estimate of drug-likeness (QED) is 0.324. The second kappa shape index (κ2) is 9.20. The third kappa shape index (κ3) is 5.59. The number of hydrogen-bond acceptors (Lipinski definition) is 3. The summed E-state index contributed by atoms with van der Waals surface area (Å²) in [4.78, 5) is 7.63. The van der Waals surface area contributed by atoms with Crippen molar-refractivity contribution in [1.82, 2.24) is 9.97 Å². The Kier molecular flexibility index (Phi) is 6.37. The van der Waals surface area contributed by atoms with Gasteiger partial charge in [0.05, 0.1) is 23.2 Å². The number of nitrogens with one attached hydrogen (secondary N) is 2. The molecule has 5 nitrogen and oxygen atoms in total. The Labute approximate surface area is 196 Å². The fraction of sp³-hybridized carbons (Fsp3) is 0.0417. The van der Waals surface area contributed by atoms with Crippen molar-refractivity contribution >= 4 is 51.1 Å². The third-order valence-electron chi connectivity index (χ3n) is 4.66. The van der Waals surface area contributed by atoms with Gasteiger partial charge in [0.15, 0.2) is 0 Å². The molecule has 0 aliphatic heterocycles. The number of imidazole rings is 1. The van der Waals surface area contributed by atoms with Gasteiger partial charge in [0.2, 0.25) is 10.0 Å². The predicted octanol–water partition coefficient (Wildman–Crippen LogP) is 6.59. The van der Waals surface area contributed by atoms with E-state index in [9.17, 15) is 8.42 Å². The molecule has 2 N–H and O–H groups in total. The minimum Gasteiger partial charge on any atom is -0.338 e. The van der Waals surface area contributed by atoms with Crippen molar-refractivity contribution in [2.24, 2.45) is 0 Å². The van der Waals surface area contributed by atoms with Crippen LogP contribution in [0.25, 0.3) is 34.5 Å². The van der Waals surface area contributed by atoms with Crippen LogP contribution in [0.15, 0.2) is 72.9 Å². The summed E-state index contributed by atoms with van der Waals surface area (Å²) in [6.45, 7) is 0. The van der Waals surface area contributed by atoms with Crippen molar-refractivity contribution in [1.29, 1.82) is 0 Å². The Bertz CT molecular complexity index is 1400. The van der Waals surface area contributed by atoms with Gasteiger partial charge in [-0.05, 0) is 53.1 Å². The number of rotatable bonds is 6. The molecule has 0 amide bonds. The van der Waals surface area contributed by atoms with E-state index in [1.54, 1.807) is 30.5 Å². The lowest BCUT2D eigenvalue weighted by Crippen LogP contribution is -2.09. The molecule has 0 saturated carbocycles. The van der Waals surface area contributed by atoms with Crippen molar-refractivity contribution in [3.05, 3.63) is 94.4 Å². The number of sulfonamides is 1. The predicted molar refractivity (Wildman–Crippen MR) is 133 cm³/mol. The van der Waals surface area contributed by atoms with E-state index in [-0.39, 0.29) is 0 Å². The third-order valence-corrected chi connectivity index (χ3v) is 5.81. The molecule has 8 heteroatoms. The number of hydrogen-bond donors (Lipinski definition) is 2. The number of anilines is 1. The molecule has 0 aliphatic rings. The van der Waals surface area contributed by atoms with Crippen molar-refractivity contribution in [3.8, 4) is 22.4 Å². The molecule has 0 aliphatic carbocycles. The molecule has 32 heavy (non-hydrogen) atoms. The summed E-state index contributed by atoms with van der Waals surface area (Å²) in [6.07, 6.45) is 6.71. The van der Waals surface area contributed by atoms with E-state index in [0.29, 0.717) is 21.6 Å². The van der Waals surface area contributed by atoms with Crippen LogP contribution in [0.4, 0.5) is 5.69 Å². The largest absolute Gasteiger partial charge is 0.338 e. The van der Waals surface area contributed by atoms with E-state index in [2.05, 4.69) is 14.7 Å². The first-order valence-corrected chi connectivity index (χ1v) is 12.3. The molecular formula is C24H19Cl2N3O2S. The van der Waals surface area contributed by atoms with Crippen LogP contribution in [0.3, 0.4) is 0 Å². The highest BCUT2D eigenvalue weighted by molar-refractivity contribution is 7.92. The van der Waals surface area contributed by atoms with Crippen LogP contribution in [0.2, 0.25) is 10.0 Å². The van der Waals surface area contributed by atoms with Gasteiger partial charge >= 0.3 is 0 Å². The lowest BCUT2D eigenvalue weighted by Gasteiger charge is -2.07. The number of nitrogens with zero attached hydrogens (tertiary/aromatic N) is 1. The topological polar surface area (TPSA) is 74.8 Å². The molecule has 0 spiro atoms. The van der Waals surface area contributed by atoms with Crippen LogP contribution in [-0.2, 0) is 10.0 Å². The molecule has 4 aromatic rings. The van der Waals surface area contributed by atoms with E-state index in [1.165, 1.54) is 0 Å². The van der Waals surface area contributed by atoms with E-state index >= 15 is 0 Å². The summed E-state index contributed by atoms with van der Waals surface area (Å²) < 4.78 is 25.4. The van der Waals surface area contributed by atoms with Gasteiger partial charge in [-0.25, -0.2) is 13.4 Å². The van der Waals surface area contributed by atoms with Gasteiger partial charge < -0.3 is 4.98 Å². The van der Waals surface area contributed by atoms with Crippen LogP contribution < -0.4 is 4.72 Å². The van der Waals surface area contributed by atoms with Crippen molar-refractivity contribution < 1.29 is 8.42 Å². The molecule has 3 aromatic carbocycles. The Morgan fingerprint density at radius 2 is 1.72 bits per heavy atom. The van der Waals surface area contributed by atoms with Crippen LogP contribution in [0.5, 0.6) is 0 Å². The second-order valence-corrected chi connectivity index (χ2v) is 9.81. The van der Waals surface area contributed by atoms with Crippen molar-refractivity contribution in [3.63, 3.8) is 0 Å². The average Bonchev–Trinajstić information content (AvgIpc) is 3.20. The lowest BCUT2D eigenvalue weighted by atomic mass is 10.0. The smallest absolute Gasteiger partial charge is 0.229 e. The first-order chi connectivity index (χ1) is 15.3. The maximum Gasteiger partial charge on any atom is 0.229 e. The molecule has 0 radical (unpaired) electrons. The summed E-state index contributed by atoms with van der Waals surface area (Å²) >= 11 is 12.2. The fourth-order valence-corrected chi connectivity index (χ4v) is 4.27. The van der Waals surface area contributed by atoms with Crippen LogP contribution in [0.1, 0.15) is 11.4 Å². The zero-order chi connectivity index (χ0) is 22.7. The maximum absolute atomic E-state index is 11.5. The molecular weight excluding hydrogens is 465 g/mol. The Balaban J connectivity index is 1.49. The second-order valence-electron chi connectivity index (χ2n) is 7.22. The van der Waals surface area contributed by atoms with Gasteiger partial charge in [-0.2, -0.15) is 0 Å². The molecule has 0 unspecified atom stereocenters. The summed E-state index contributed by atoms with van der Waals surface area (Å²) in [5.41, 5.74) is 5.08. The number of halogens is 2. The summed E-state index contributed by atoms with van der Waals surface area (Å²) in [7, 11) is -3.32. The van der Waals surface area contributed by atoms with Gasteiger partial charge in [-0.3, -0.25) is 4.72 Å². The summed E-state index contributed by atoms with van der Waals surface area (Å²) in [5, 5.41) is 1.14. The minimum absolute atomic E-state index is 0.531. The first kappa shape index (κ1) is 22.1. The number of aromatic amines is 1. The Morgan fingerprint density at radius 1 is 0.938 bits per heavy atom. The van der Waals surface area contributed by atoms with Crippen molar-refractivity contribution in [2.75, 3.05) is 11.0 Å². The van der Waals surface area contributed by atoms with Crippen LogP contribution in [-0.4, -0.2) is 24.6 Å². The maximum atomic E-state index is 11.5. The standard InChI is InChI=1S/C24H19Cl2N3O2S/c1-32(30,31)29-20-4-2-3-18(13-20)17-8-5-16(6-9-17)7-12-24-27-15-23(28-24)21-11-10-19(25)14-22(21)26/h2-15,29H,1H3,(H,27,28)/b12-7+. The Morgan fingerprint density at radius 3 is 2.44 bits per heavy atom. The highest BCUT2D eigenvalue weighted by Crippen LogP contribution is 2.29. The summed E-state index contributed by atoms with van der Waals surface area (Å²) in [6, 6.07) is 20.6. The van der Waals surface area contributed by atoms with Gasteiger partial charge in [0.1, 0.15) is 5.82 Å². The average molecular weight is 484 g/mol. The molecule has 4 rings (SSSR count). The van der Waals surface area contributed by atoms with E-state index < -0.39 is 10.0 Å². The number of benzene rings is 3. The fourth-order valence-electron chi connectivity index (χ4n) is 3.20. The molecule has 1 heterocycles. The van der Waals surface area contributed by atoms with E-state index in [0.717, 1.165) is 34.2 Å². The normalized spacial score (nSPS) is 11.7. The lowest BCUT2D eigenvalue weighted by molar-refractivity contribution is 0.607. The number of aromatic nitrogens is 2.